The summed E-state index contributed by atoms with van der Waals surface area (Å²) in [4.78, 5) is 19.2. The SMILES string of the molecule is Cc1c(C(=O)O)cccc1-n1c(C)cc(C=C(C#N)c2nc3ccccc3[nH]2)c1C. The van der Waals surface area contributed by atoms with Crippen molar-refractivity contribution in [2.45, 2.75) is 20.8 Å². The second-order valence-corrected chi connectivity index (χ2v) is 7.19. The molecule has 0 atom stereocenters. The molecule has 0 fully saturated rings. The number of nitriles is 1. The Bertz CT molecular complexity index is 1330. The fourth-order valence-electron chi connectivity index (χ4n) is 3.79. The Morgan fingerprint density at radius 3 is 2.63 bits per heavy atom. The van der Waals surface area contributed by atoms with Crippen molar-refractivity contribution in [2.75, 3.05) is 0 Å². The maximum atomic E-state index is 11.5. The Kier molecular flexibility index (Phi) is 4.72. The first-order chi connectivity index (χ1) is 14.4. The molecule has 0 saturated carbocycles. The lowest BCUT2D eigenvalue weighted by Gasteiger charge is -2.14. The molecule has 2 aromatic carbocycles. The van der Waals surface area contributed by atoms with Crippen molar-refractivity contribution in [3.05, 3.63) is 82.4 Å². The largest absolute Gasteiger partial charge is 0.478 e. The summed E-state index contributed by atoms with van der Waals surface area (Å²) in [7, 11) is 0. The van der Waals surface area contributed by atoms with Crippen LogP contribution in [0.3, 0.4) is 0 Å². The average molecular weight is 396 g/mol. The minimum absolute atomic E-state index is 0.275. The van der Waals surface area contributed by atoms with E-state index in [0.717, 1.165) is 33.7 Å². The first kappa shape index (κ1) is 19.2. The molecule has 0 unspecified atom stereocenters. The lowest BCUT2D eigenvalue weighted by atomic mass is 10.1. The molecule has 148 valence electrons. The second kappa shape index (κ2) is 7.37. The van der Waals surface area contributed by atoms with Gasteiger partial charge in [-0.25, -0.2) is 9.78 Å². The zero-order chi connectivity index (χ0) is 21.4. The van der Waals surface area contributed by atoms with Gasteiger partial charge >= 0.3 is 5.97 Å². The van der Waals surface area contributed by atoms with Gasteiger partial charge in [0.2, 0.25) is 0 Å². The molecule has 2 aromatic heterocycles. The van der Waals surface area contributed by atoms with Crippen molar-refractivity contribution in [1.29, 1.82) is 5.26 Å². The summed E-state index contributed by atoms with van der Waals surface area (Å²) in [5.41, 5.74) is 6.64. The third kappa shape index (κ3) is 3.16. The molecule has 0 saturated heterocycles. The number of carboxylic acids is 1. The standard InChI is InChI=1S/C24H20N4O2/c1-14-11-17(12-18(13-25)23-26-20-8-4-5-9-21(20)27-23)16(3)28(14)22-10-6-7-19(15(22)2)24(29)30/h4-12H,1-3H3,(H,26,27)(H,29,30). The minimum atomic E-state index is -0.950. The van der Waals surface area contributed by atoms with E-state index >= 15 is 0 Å². The summed E-state index contributed by atoms with van der Waals surface area (Å²) in [5, 5.41) is 19.2. The number of hydrogen-bond acceptors (Lipinski definition) is 3. The van der Waals surface area contributed by atoms with Crippen LogP contribution in [0.2, 0.25) is 0 Å². The molecule has 0 amide bonds. The van der Waals surface area contributed by atoms with E-state index in [1.807, 2.05) is 67.8 Å². The molecular formula is C24H20N4O2. The predicted octanol–water partition coefficient (Wildman–Crippen LogP) is 5.04. The van der Waals surface area contributed by atoms with Crippen LogP contribution in [0, 0.1) is 32.1 Å². The summed E-state index contributed by atoms with van der Waals surface area (Å²) in [6.45, 7) is 5.73. The van der Waals surface area contributed by atoms with E-state index in [4.69, 9.17) is 0 Å². The number of carbonyl (C=O) groups is 1. The maximum absolute atomic E-state index is 11.5. The highest BCUT2D eigenvalue weighted by atomic mass is 16.4. The zero-order valence-corrected chi connectivity index (χ0v) is 16.9. The highest BCUT2D eigenvalue weighted by Crippen LogP contribution is 2.28. The van der Waals surface area contributed by atoms with Crippen molar-refractivity contribution < 1.29 is 9.90 Å². The number of rotatable bonds is 4. The maximum Gasteiger partial charge on any atom is 0.336 e. The quantitative estimate of drug-likeness (QED) is 0.472. The number of aromatic nitrogens is 3. The number of imidazole rings is 1. The summed E-state index contributed by atoms with van der Waals surface area (Å²) < 4.78 is 2.02. The van der Waals surface area contributed by atoms with Gasteiger partial charge in [-0.1, -0.05) is 18.2 Å². The van der Waals surface area contributed by atoms with Gasteiger partial charge in [0.1, 0.15) is 11.9 Å². The molecule has 6 heteroatoms. The van der Waals surface area contributed by atoms with Crippen molar-refractivity contribution in [2.24, 2.45) is 0 Å². The van der Waals surface area contributed by atoms with Crippen LogP contribution in [0.5, 0.6) is 0 Å². The number of hydrogen-bond donors (Lipinski definition) is 2. The Labute approximate surface area is 173 Å². The van der Waals surface area contributed by atoms with E-state index in [0.29, 0.717) is 17.0 Å². The molecule has 0 aliphatic heterocycles. The number of aryl methyl sites for hydroxylation is 1. The number of H-pyrrole nitrogens is 1. The number of fused-ring (bicyclic) bond motifs is 1. The van der Waals surface area contributed by atoms with E-state index in [1.54, 1.807) is 12.1 Å². The van der Waals surface area contributed by atoms with E-state index < -0.39 is 5.97 Å². The molecule has 0 aliphatic rings. The number of para-hydroxylation sites is 2. The number of aromatic amines is 1. The molecule has 30 heavy (non-hydrogen) atoms. The molecule has 4 aromatic rings. The van der Waals surface area contributed by atoms with Gasteiger partial charge in [-0.3, -0.25) is 0 Å². The van der Waals surface area contributed by atoms with Gasteiger partial charge in [0.15, 0.2) is 0 Å². The average Bonchev–Trinajstić information content (AvgIpc) is 3.27. The van der Waals surface area contributed by atoms with Crippen LogP contribution in [-0.4, -0.2) is 25.6 Å². The Morgan fingerprint density at radius 2 is 1.93 bits per heavy atom. The van der Waals surface area contributed by atoms with Crippen LogP contribution in [-0.2, 0) is 0 Å². The fraction of sp³-hybridized carbons (Fsp3) is 0.125. The van der Waals surface area contributed by atoms with E-state index in [9.17, 15) is 15.2 Å². The molecule has 6 nitrogen and oxygen atoms in total. The van der Waals surface area contributed by atoms with E-state index in [-0.39, 0.29) is 5.56 Å². The molecule has 0 spiro atoms. The van der Waals surface area contributed by atoms with Crippen molar-refractivity contribution in [3.8, 4) is 11.8 Å². The van der Waals surface area contributed by atoms with E-state index in [1.165, 1.54) is 0 Å². The van der Waals surface area contributed by atoms with Crippen LogP contribution < -0.4 is 0 Å². The number of allylic oxidation sites excluding steroid dienone is 1. The van der Waals surface area contributed by atoms with Gasteiger partial charge < -0.3 is 14.7 Å². The van der Waals surface area contributed by atoms with Gasteiger partial charge in [0.25, 0.3) is 0 Å². The molecular weight excluding hydrogens is 376 g/mol. The Hall–Kier alpha value is -4.11. The molecule has 2 heterocycles. The minimum Gasteiger partial charge on any atom is -0.478 e. The molecule has 0 aliphatic carbocycles. The van der Waals surface area contributed by atoms with E-state index in [2.05, 4.69) is 16.0 Å². The summed E-state index contributed by atoms with van der Waals surface area (Å²) in [6, 6.07) is 17.1. The highest BCUT2D eigenvalue weighted by molar-refractivity contribution is 5.92. The number of nitrogens with one attached hydrogen (secondary N) is 1. The van der Waals surface area contributed by atoms with Gasteiger partial charge in [-0.05, 0) is 68.3 Å². The normalized spacial score (nSPS) is 11.6. The third-order valence-electron chi connectivity index (χ3n) is 5.31. The predicted molar refractivity (Wildman–Crippen MR) is 117 cm³/mol. The zero-order valence-electron chi connectivity index (χ0n) is 16.9. The molecule has 0 bridgehead atoms. The fourth-order valence-corrected chi connectivity index (χ4v) is 3.79. The van der Waals surface area contributed by atoms with Gasteiger partial charge in [-0.15, -0.1) is 0 Å². The van der Waals surface area contributed by atoms with Crippen molar-refractivity contribution in [1.82, 2.24) is 14.5 Å². The molecule has 2 N–H and O–H groups in total. The summed E-state index contributed by atoms with van der Waals surface area (Å²) in [6.07, 6.45) is 1.81. The first-order valence-corrected chi connectivity index (χ1v) is 9.50. The van der Waals surface area contributed by atoms with Crippen LogP contribution in [0.4, 0.5) is 0 Å². The van der Waals surface area contributed by atoms with Crippen LogP contribution in [0.15, 0.2) is 48.5 Å². The lowest BCUT2D eigenvalue weighted by Crippen LogP contribution is -2.07. The number of aromatic carboxylic acids is 1. The van der Waals surface area contributed by atoms with Gasteiger partial charge in [0.05, 0.1) is 22.2 Å². The Balaban J connectivity index is 1.83. The van der Waals surface area contributed by atoms with Crippen LogP contribution in [0.25, 0.3) is 28.4 Å². The second-order valence-electron chi connectivity index (χ2n) is 7.19. The number of benzene rings is 2. The van der Waals surface area contributed by atoms with Gasteiger partial charge in [0, 0.05) is 17.1 Å². The monoisotopic (exact) mass is 396 g/mol. The highest BCUT2D eigenvalue weighted by Gasteiger charge is 2.16. The lowest BCUT2D eigenvalue weighted by molar-refractivity contribution is 0.0696. The summed E-state index contributed by atoms with van der Waals surface area (Å²) >= 11 is 0. The van der Waals surface area contributed by atoms with Crippen LogP contribution in [0.1, 0.15) is 38.7 Å². The smallest absolute Gasteiger partial charge is 0.336 e. The number of nitrogens with zero attached hydrogens (tertiary/aromatic N) is 3. The Morgan fingerprint density at radius 1 is 1.17 bits per heavy atom. The molecule has 0 radical (unpaired) electrons. The van der Waals surface area contributed by atoms with Gasteiger partial charge in [-0.2, -0.15) is 5.26 Å². The molecule has 4 rings (SSSR count). The first-order valence-electron chi connectivity index (χ1n) is 9.50. The summed E-state index contributed by atoms with van der Waals surface area (Å²) in [5.74, 6) is -0.429. The third-order valence-corrected chi connectivity index (χ3v) is 5.31. The van der Waals surface area contributed by atoms with Crippen LogP contribution >= 0.6 is 0 Å². The van der Waals surface area contributed by atoms with Crippen molar-refractivity contribution in [3.63, 3.8) is 0 Å². The topological polar surface area (TPSA) is 94.7 Å². The van der Waals surface area contributed by atoms with Crippen molar-refractivity contribution >= 4 is 28.7 Å². The number of carboxylic acid groups (broad SMARTS) is 1.